The first-order valence-corrected chi connectivity index (χ1v) is 10.3. The lowest BCUT2D eigenvalue weighted by molar-refractivity contribution is 0.269. The fraction of sp³-hybridized carbons (Fsp3) is 0.263. The zero-order valence-corrected chi connectivity index (χ0v) is 15.9. The molecule has 152 valence electrons. The van der Waals surface area contributed by atoms with Gasteiger partial charge in [-0.3, -0.25) is 9.36 Å². The van der Waals surface area contributed by atoms with Crippen LogP contribution >= 0.6 is 0 Å². The van der Waals surface area contributed by atoms with E-state index in [4.69, 9.17) is 0 Å². The molecule has 2 heterocycles. The Balaban J connectivity index is 1.57. The number of hydrogen-bond donors (Lipinski definition) is 0. The minimum absolute atomic E-state index is 0.0672. The third kappa shape index (κ3) is 3.53. The number of rotatable bonds is 3. The molecule has 0 spiro atoms. The normalized spacial score (nSPS) is 16.4. The number of piperidine rings is 1. The van der Waals surface area contributed by atoms with E-state index in [1.165, 1.54) is 29.1 Å². The molecule has 0 N–H and O–H groups in total. The molecule has 1 saturated heterocycles. The van der Waals surface area contributed by atoms with Crippen molar-refractivity contribution in [3.8, 4) is 0 Å². The number of hydrogen-bond acceptors (Lipinski definition) is 4. The largest absolute Gasteiger partial charge is 0.296 e. The molecule has 0 bridgehead atoms. The van der Waals surface area contributed by atoms with Crippen LogP contribution in [0.15, 0.2) is 52.4 Å². The topological polar surface area (TPSA) is 72.3 Å². The van der Waals surface area contributed by atoms with Crippen LogP contribution in [0.1, 0.15) is 18.9 Å². The van der Waals surface area contributed by atoms with E-state index in [1.54, 1.807) is 0 Å². The van der Waals surface area contributed by atoms with Crippen LogP contribution in [0, 0.1) is 17.5 Å². The average Bonchev–Trinajstić information content (AvgIpc) is 2.68. The Morgan fingerprint density at radius 1 is 0.966 bits per heavy atom. The van der Waals surface area contributed by atoms with Gasteiger partial charge in [-0.15, -0.1) is 0 Å². The Morgan fingerprint density at radius 3 is 2.31 bits per heavy atom. The fourth-order valence-electron chi connectivity index (χ4n) is 3.55. The van der Waals surface area contributed by atoms with Crippen LogP contribution in [0.5, 0.6) is 0 Å². The van der Waals surface area contributed by atoms with E-state index in [0.29, 0.717) is 18.9 Å². The highest BCUT2D eigenvalue weighted by Gasteiger charge is 2.32. The van der Waals surface area contributed by atoms with Gasteiger partial charge < -0.3 is 0 Å². The minimum Gasteiger partial charge on any atom is -0.296 e. The van der Waals surface area contributed by atoms with Gasteiger partial charge in [-0.05, 0) is 37.1 Å². The van der Waals surface area contributed by atoms with E-state index in [9.17, 15) is 26.4 Å². The standard InChI is InChI=1S/C19H16F3N3O3S/c20-12-2-4-18(16(22)9-12)29(27,28)24-7-5-14(6-8-24)25-11-23-17-10-13(21)1-3-15(17)19(25)26/h1-4,9-11,14H,5-8H2. The van der Waals surface area contributed by atoms with Crippen molar-refractivity contribution in [2.45, 2.75) is 23.8 Å². The highest BCUT2D eigenvalue weighted by Crippen LogP contribution is 2.27. The summed E-state index contributed by atoms with van der Waals surface area (Å²) in [7, 11) is -4.12. The predicted molar refractivity (Wildman–Crippen MR) is 99.3 cm³/mol. The Morgan fingerprint density at radius 2 is 1.62 bits per heavy atom. The molecule has 0 radical (unpaired) electrons. The van der Waals surface area contributed by atoms with Gasteiger partial charge in [0.05, 0.1) is 17.2 Å². The number of nitrogens with zero attached hydrogens (tertiary/aromatic N) is 3. The summed E-state index contributed by atoms with van der Waals surface area (Å²) in [5.41, 5.74) is -0.0843. The van der Waals surface area contributed by atoms with E-state index in [2.05, 4.69) is 4.98 Å². The van der Waals surface area contributed by atoms with Crippen molar-refractivity contribution in [3.63, 3.8) is 0 Å². The van der Waals surface area contributed by atoms with Crippen LogP contribution < -0.4 is 5.56 Å². The number of halogens is 3. The van der Waals surface area contributed by atoms with Crippen molar-refractivity contribution in [3.05, 3.63) is 70.5 Å². The van der Waals surface area contributed by atoms with Crippen molar-refractivity contribution in [1.82, 2.24) is 13.9 Å². The van der Waals surface area contributed by atoms with Crippen LogP contribution in [-0.4, -0.2) is 35.4 Å². The number of aromatic nitrogens is 2. The van der Waals surface area contributed by atoms with Crippen LogP contribution in [0.25, 0.3) is 10.9 Å². The molecule has 1 aliphatic rings. The zero-order valence-electron chi connectivity index (χ0n) is 15.1. The van der Waals surface area contributed by atoms with Crippen LogP contribution in [0.4, 0.5) is 13.2 Å². The molecule has 29 heavy (non-hydrogen) atoms. The van der Waals surface area contributed by atoms with E-state index >= 15 is 0 Å². The summed E-state index contributed by atoms with van der Waals surface area (Å²) < 4.78 is 68.2. The van der Waals surface area contributed by atoms with Crippen molar-refractivity contribution >= 4 is 20.9 Å². The molecule has 0 atom stereocenters. The average molecular weight is 423 g/mol. The maximum Gasteiger partial charge on any atom is 0.261 e. The van der Waals surface area contributed by atoms with Gasteiger partial charge >= 0.3 is 0 Å². The summed E-state index contributed by atoms with van der Waals surface area (Å²) in [6, 6.07) is 5.76. The van der Waals surface area contributed by atoms with Gasteiger partial charge in [0, 0.05) is 31.3 Å². The Labute approximate surface area is 164 Å². The number of fused-ring (bicyclic) bond motifs is 1. The van der Waals surface area contributed by atoms with Crippen LogP contribution in [-0.2, 0) is 10.0 Å². The molecule has 10 heteroatoms. The van der Waals surface area contributed by atoms with Gasteiger partial charge in [0.1, 0.15) is 22.3 Å². The highest BCUT2D eigenvalue weighted by atomic mass is 32.2. The first-order valence-electron chi connectivity index (χ1n) is 8.89. The third-order valence-corrected chi connectivity index (χ3v) is 7.01. The molecular weight excluding hydrogens is 407 g/mol. The monoisotopic (exact) mass is 423 g/mol. The predicted octanol–water partition coefficient (Wildman–Crippen LogP) is 2.84. The third-order valence-electron chi connectivity index (χ3n) is 5.07. The summed E-state index contributed by atoms with van der Waals surface area (Å²) in [5, 5.41) is 0.275. The smallest absolute Gasteiger partial charge is 0.261 e. The molecule has 3 aromatic rings. The molecule has 1 aromatic heterocycles. The number of benzene rings is 2. The molecular formula is C19H16F3N3O3S. The molecule has 1 aliphatic heterocycles. The van der Waals surface area contributed by atoms with E-state index in [1.807, 2.05) is 0 Å². The van der Waals surface area contributed by atoms with Gasteiger partial charge in [0.2, 0.25) is 10.0 Å². The maximum absolute atomic E-state index is 13.9. The van der Waals surface area contributed by atoms with Gasteiger partial charge in [0.25, 0.3) is 5.56 Å². The zero-order chi connectivity index (χ0) is 20.8. The molecule has 1 fully saturated rings. The fourth-order valence-corrected chi connectivity index (χ4v) is 5.07. The Hall–Kier alpha value is -2.72. The van der Waals surface area contributed by atoms with Crippen LogP contribution in [0.2, 0.25) is 0 Å². The molecule has 2 aromatic carbocycles. The Kier molecular flexibility index (Phi) is 4.91. The van der Waals surface area contributed by atoms with Gasteiger partial charge in [-0.25, -0.2) is 26.6 Å². The lowest BCUT2D eigenvalue weighted by Gasteiger charge is -2.32. The lowest BCUT2D eigenvalue weighted by atomic mass is 10.1. The van der Waals surface area contributed by atoms with Crippen molar-refractivity contribution < 1.29 is 21.6 Å². The van der Waals surface area contributed by atoms with Crippen molar-refractivity contribution in [2.75, 3.05) is 13.1 Å². The lowest BCUT2D eigenvalue weighted by Crippen LogP contribution is -2.41. The van der Waals surface area contributed by atoms with Crippen molar-refractivity contribution in [1.29, 1.82) is 0 Å². The van der Waals surface area contributed by atoms with Gasteiger partial charge in [-0.2, -0.15) is 4.31 Å². The molecule has 0 unspecified atom stereocenters. The summed E-state index contributed by atoms with van der Waals surface area (Å²) in [6.07, 6.45) is 1.96. The molecule has 6 nitrogen and oxygen atoms in total. The Bertz CT molecular complexity index is 1250. The van der Waals surface area contributed by atoms with Gasteiger partial charge in [0.15, 0.2) is 0 Å². The molecule has 4 rings (SSSR count). The maximum atomic E-state index is 13.9. The number of sulfonamides is 1. The summed E-state index contributed by atoms with van der Waals surface area (Å²) in [5.74, 6) is -2.49. The molecule has 0 amide bonds. The quantitative estimate of drug-likeness (QED) is 0.650. The SMILES string of the molecule is O=c1c2ccc(F)cc2ncn1C1CCN(S(=O)(=O)c2ccc(F)cc2F)CC1. The minimum atomic E-state index is -4.12. The summed E-state index contributed by atoms with van der Waals surface area (Å²) in [6.45, 7) is 0.134. The molecule has 0 aliphatic carbocycles. The second-order valence-electron chi connectivity index (χ2n) is 6.83. The van der Waals surface area contributed by atoms with Gasteiger partial charge in [-0.1, -0.05) is 0 Å². The first-order chi connectivity index (χ1) is 13.8. The van der Waals surface area contributed by atoms with E-state index in [-0.39, 0.29) is 35.6 Å². The van der Waals surface area contributed by atoms with E-state index in [0.717, 1.165) is 16.4 Å². The molecule has 0 saturated carbocycles. The van der Waals surface area contributed by atoms with E-state index < -0.39 is 32.4 Å². The first kappa shape index (κ1) is 19.6. The van der Waals surface area contributed by atoms with Crippen molar-refractivity contribution in [2.24, 2.45) is 0 Å². The second-order valence-corrected chi connectivity index (χ2v) is 8.73. The summed E-state index contributed by atoms with van der Waals surface area (Å²) in [4.78, 5) is 16.2. The second kappa shape index (κ2) is 7.27. The highest BCUT2D eigenvalue weighted by molar-refractivity contribution is 7.89. The summed E-state index contributed by atoms with van der Waals surface area (Å²) >= 11 is 0. The van der Waals surface area contributed by atoms with Crippen LogP contribution in [0.3, 0.4) is 0 Å².